The van der Waals surface area contributed by atoms with Crippen LogP contribution < -0.4 is 14.2 Å². The zero-order valence-electron chi connectivity index (χ0n) is 17.7. The first-order valence-corrected chi connectivity index (χ1v) is 10.6. The van der Waals surface area contributed by atoms with Crippen LogP contribution in [0.1, 0.15) is 49.8 Å². The monoisotopic (exact) mass is 384 g/mol. The molecule has 1 aliphatic carbocycles. The van der Waals surface area contributed by atoms with Gasteiger partial charge in [0.15, 0.2) is 11.5 Å². The third kappa shape index (κ3) is 3.67. The summed E-state index contributed by atoms with van der Waals surface area (Å²) in [5.74, 6) is 3.90. The van der Waals surface area contributed by atoms with Gasteiger partial charge < -0.3 is 18.7 Å². The average Bonchev–Trinajstić information content (AvgIpc) is 3.16. The van der Waals surface area contributed by atoms with E-state index >= 15 is 0 Å². The molecule has 28 heavy (non-hydrogen) atoms. The van der Waals surface area contributed by atoms with Crippen LogP contribution in [0.4, 0.5) is 0 Å². The van der Waals surface area contributed by atoms with Gasteiger partial charge in [-0.2, -0.15) is 0 Å². The summed E-state index contributed by atoms with van der Waals surface area (Å²) in [5.41, 5.74) is 2.71. The highest BCUT2D eigenvalue weighted by molar-refractivity contribution is 5.61. The highest BCUT2D eigenvalue weighted by atomic mass is 16.7. The van der Waals surface area contributed by atoms with Crippen molar-refractivity contribution in [1.82, 2.24) is 0 Å². The van der Waals surface area contributed by atoms with Crippen LogP contribution in [-0.2, 0) is 6.42 Å². The molecule has 0 spiro atoms. The lowest BCUT2D eigenvalue weighted by molar-refractivity contribution is -0.924. The molecule has 4 nitrogen and oxygen atoms in total. The normalized spacial score (nSPS) is 25.4. The summed E-state index contributed by atoms with van der Waals surface area (Å²) in [6, 6.07) is 2.61. The van der Waals surface area contributed by atoms with Gasteiger partial charge in [0.2, 0.25) is 12.5 Å². The maximum Gasteiger partial charge on any atom is 0.231 e. The van der Waals surface area contributed by atoms with E-state index in [0.717, 1.165) is 34.7 Å². The number of likely N-dealkylation sites (N-methyl/N-ethyl adjacent to an activating group) is 1. The fraction of sp³-hybridized carbons (Fsp3) is 0.583. The Morgan fingerprint density at radius 2 is 2.11 bits per heavy atom. The third-order valence-corrected chi connectivity index (χ3v) is 6.81. The predicted octanol–water partition coefficient (Wildman–Crippen LogP) is 5.04. The van der Waals surface area contributed by atoms with E-state index in [1.165, 1.54) is 36.8 Å². The fourth-order valence-electron chi connectivity index (χ4n) is 5.01. The molecular weight excluding hydrogens is 350 g/mol. The molecule has 152 valence electrons. The number of quaternary nitrogens is 1. The van der Waals surface area contributed by atoms with Crippen LogP contribution in [0, 0.1) is 11.8 Å². The number of ether oxygens (including phenoxy) is 3. The van der Waals surface area contributed by atoms with E-state index in [-0.39, 0.29) is 6.79 Å². The topological polar surface area (TPSA) is 27.7 Å². The molecule has 3 aliphatic rings. The van der Waals surface area contributed by atoms with Gasteiger partial charge in [-0.05, 0) is 42.7 Å². The molecule has 0 amide bonds. The minimum absolute atomic E-state index is 0.289. The van der Waals surface area contributed by atoms with E-state index in [1.54, 1.807) is 7.11 Å². The molecule has 1 aromatic rings. The fourth-order valence-corrected chi connectivity index (χ4v) is 5.01. The Kier molecular flexibility index (Phi) is 5.42. The van der Waals surface area contributed by atoms with E-state index in [2.05, 4.69) is 51.4 Å². The second-order valence-electron chi connectivity index (χ2n) is 9.21. The summed E-state index contributed by atoms with van der Waals surface area (Å²) in [6.45, 7) is 3.84. The maximum atomic E-state index is 5.88. The Labute approximate surface area is 169 Å². The molecule has 0 N–H and O–H groups in total. The average molecular weight is 385 g/mol. The van der Waals surface area contributed by atoms with Crippen LogP contribution in [0.5, 0.6) is 17.2 Å². The molecule has 2 heterocycles. The van der Waals surface area contributed by atoms with Crippen molar-refractivity contribution in [1.29, 1.82) is 0 Å². The summed E-state index contributed by atoms with van der Waals surface area (Å²) in [7, 11) is 6.48. The molecular formula is C24H34NO3+. The van der Waals surface area contributed by atoms with Crippen molar-refractivity contribution in [2.24, 2.45) is 11.8 Å². The Balaban J connectivity index is 1.56. The van der Waals surface area contributed by atoms with Gasteiger partial charge in [0.1, 0.15) is 6.04 Å². The van der Waals surface area contributed by atoms with Crippen LogP contribution in [0.3, 0.4) is 0 Å². The van der Waals surface area contributed by atoms with Crippen molar-refractivity contribution < 1.29 is 18.7 Å². The smallest absolute Gasteiger partial charge is 0.231 e. The molecule has 0 fully saturated rings. The van der Waals surface area contributed by atoms with Crippen molar-refractivity contribution in [3.05, 3.63) is 41.5 Å². The number of hydrogen-bond donors (Lipinski definition) is 0. The number of allylic oxidation sites excluding steroid dienone is 4. The zero-order chi connectivity index (χ0) is 19.7. The van der Waals surface area contributed by atoms with Crippen LogP contribution in [0.2, 0.25) is 0 Å². The van der Waals surface area contributed by atoms with Gasteiger partial charge in [0.05, 0.1) is 33.3 Å². The van der Waals surface area contributed by atoms with Crippen LogP contribution in [-0.4, -0.2) is 39.0 Å². The van der Waals surface area contributed by atoms with E-state index in [0.29, 0.717) is 17.9 Å². The summed E-state index contributed by atoms with van der Waals surface area (Å²) < 4.78 is 18.3. The lowest BCUT2D eigenvalue weighted by atomic mass is 9.82. The Morgan fingerprint density at radius 3 is 2.86 bits per heavy atom. The summed E-state index contributed by atoms with van der Waals surface area (Å²) in [6.07, 6.45) is 15.0. The van der Waals surface area contributed by atoms with Crippen molar-refractivity contribution in [2.45, 2.75) is 45.1 Å². The number of hydrogen-bond acceptors (Lipinski definition) is 3. The van der Waals surface area contributed by atoms with Gasteiger partial charge in [0.25, 0.3) is 0 Å². The molecule has 0 bridgehead atoms. The van der Waals surface area contributed by atoms with Crippen molar-refractivity contribution in [3.8, 4) is 17.2 Å². The van der Waals surface area contributed by atoms with Gasteiger partial charge >= 0.3 is 0 Å². The van der Waals surface area contributed by atoms with Gasteiger partial charge in [-0.15, -0.1) is 0 Å². The number of nitrogens with zero attached hydrogens (tertiary/aromatic N) is 1. The zero-order valence-corrected chi connectivity index (χ0v) is 17.7. The lowest BCUT2D eigenvalue weighted by Gasteiger charge is -2.44. The minimum atomic E-state index is 0.289. The van der Waals surface area contributed by atoms with Crippen LogP contribution in [0.15, 0.2) is 30.4 Å². The molecule has 2 aliphatic heterocycles. The summed E-state index contributed by atoms with van der Waals surface area (Å²) in [5, 5.41) is 0. The first-order valence-electron chi connectivity index (χ1n) is 10.6. The van der Waals surface area contributed by atoms with Gasteiger partial charge in [-0.3, -0.25) is 0 Å². The lowest BCUT2D eigenvalue weighted by Crippen LogP contribution is -2.48. The molecule has 3 unspecified atom stereocenters. The molecule has 4 heteroatoms. The summed E-state index contributed by atoms with van der Waals surface area (Å²) in [4.78, 5) is 0. The highest BCUT2D eigenvalue weighted by Gasteiger charge is 2.41. The summed E-state index contributed by atoms with van der Waals surface area (Å²) >= 11 is 0. The number of rotatable bonds is 6. The number of benzene rings is 1. The van der Waals surface area contributed by atoms with Crippen molar-refractivity contribution in [3.63, 3.8) is 0 Å². The van der Waals surface area contributed by atoms with Gasteiger partial charge in [-0.1, -0.05) is 31.2 Å². The largest absolute Gasteiger partial charge is 0.492 e. The molecule has 0 saturated carbocycles. The third-order valence-electron chi connectivity index (χ3n) is 6.81. The highest BCUT2D eigenvalue weighted by Crippen LogP contribution is 2.52. The second kappa shape index (κ2) is 7.82. The quantitative estimate of drug-likeness (QED) is 0.644. The molecule has 4 rings (SSSR count). The first-order chi connectivity index (χ1) is 13.5. The molecule has 0 aromatic heterocycles. The molecule has 0 saturated heterocycles. The van der Waals surface area contributed by atoms with Crippen molar-refractivity contribution >= 4 is 0 Å². The van der Waals surface area contributed by atoms with Crippen LogP contribution >= 0.6 is 0 Å². The maximum absolute atomic E-state index is 5.88. The Bertz CT molecular complexity index is 781. The molecule has 3 atom stereocenters. The molecule has 0 radical (unpaired) electrons. The van der Waals surface area contributed by atoms with E-state index in [1.807, 2.05) is 0 Å². The van der Waals surface area contributed by atoms with Gasteiger partial charge in [-0.25, -0.2) is 0 Å². The van der Waals surface area contributed by atoms with Crippen LogP contribution in [0.25, 0.3) is 0 Å². The Morgan fingerprint density at radius 1 is 1.25 bits per heavy atom. The van der Waals surface area contributed by atoms with E-state index in [9.17, 15) is 0 Å². The van der Waals surface area contributed by atoms with E-state index in [4.69, 9.17) is 14.2 Å². The first kappa shape index (κ1) is 19.4. The SMILES string of the molecule is COc1c2c(cc3c1C(CC(C)CCC1C=CC=CC1)[N+](C)(C)CC3)OCO2. The number of fused-ring (bicyclic) bond motifs is 2. The van der Waals surface area contributed by atoms with Crippen molar-refractivity contribution in [2.75, 3.05) is 34.5 Å². The van der Waals surface area contributed by atoms with E-state index < -0.39 is 0 Å². The molecule has 1 aromatic carbocycles. The predicted molar refractivity (Wildman–Crippen MR) is 112 cm³/mol. The second-order valence-corrected chi connectivity index (χ2v) is 9.21. The minimum Gasteiger partial charge on any atom is -0.492 e. The standard InChI is InChI=1S/C24H34NO3/c1-17(10-11-18-8-6-5-7-9-18)14-20-22-19(12-13-25(20,2)3)15-21-23(24(22)26-4)28-16-27-21/h5-8,15,17-18,20H,9-14,16H2,1-4H3/q+1. The van der Waals surface area contributed by atoms with Gasteiger partial charge in [0, 0.05) is 12.8 Å². The Hall–Kier alpha value is -1.94. The number of methoxy groups -OCH3 is 1.